The number of nitrogens with zero attached hydrogens (tertiary/aromatic N) is 3. The number of ether oxygens (including phenoxy) is 1. The molecule has 0 atom stereocenters. The van der Waals surface area contributed by atoms with E-state index in [-0.39, 0.29) is 6.61 Å². The Kier molecular flexibility index (Phi) is 3.05. The summed E-state index contributed by atoms with van der Waals surface area (Å²) in [6.45, 7) is 4.60. The summed E-state index contributed by atoms with van der Waals surface area (Å²) < 4.78 is 6.67. The lowest BCUT2D eigenvalue weighted by Crippen LogP contribution is -2.17. The second kappa shape index (κ2) is 4.52. The van der Waals surface area contributed by atoms with Gasteiger partial charge in [0.1, 0.15) is 24.4 Å². The Balaban J connectivity index is 2.41. The molecule has 0 bridgehead atoms. The van der Waals surface area contributed by atoms with Crippen LogP contribution in [0.25, 0.3) is 11.0 Å². The molecule has 7 heteroatoms. The monoisotopic (exact) mass is 249 g/mol. The van der Waals surface area contributed by atoms with E-state index < -0.39 is 6.09 Å². The van der Waals surface area contributed by atoms with E-state index in [2.05, 4.69) is 9.97 Å². The number of hydrogen-bond donors (Lipinski definition) is 2. The minimum atomic E-state index is -0.782. The molecule has 1 amide bonds. The lowest BCUT2D eigenvalue weighted by Gasteiger charge is -2.07. The average molecular weight is 249 g/mol. The van der Waals surface area contributed by atoms with E-state index in [9.17, 15) is 4.79 Å². The van der Waals surface area contributed by atoms with Gasteiger partial charge in [0, 0.05) is 5.69 Å². The highest BCUT2D eigenvalue weighted by Crippen LogP contribution is 2.26. The van der Waals surface area contributed by atoms with Crippen molar-refractivity contribution < 1.29 is 9.53 Å². The van der Waals surface area contributed by atoms with Crippen LogP contribution in [0.5, 0.6) is 0 Å². The van der Waals surface area contributed by atoms with Crippen molar-refractivity contribution in [3.05, 3.63) is 17.6 Å². The zero-order valence-electron chi connectivity index (χ0n) is 10.3. The van der Waals surface area contributed by atoms with Crippen LogP contribution >= 0.6 is 0 Å². The highest BCUT2D eigenvalue weighted by atomic mass is 16.5. The molecular formula is C11H15N5O2. The summed E-state index contributed by atoms with van der Waals surface area (Å²) in [4.78, 5) is 18.7. The Labute approximate surface area is 104 Å². The quantitative estimate of drug-likeness (QED) is 0.833. The van der Waals surface area contributed by atoms with Crippen LogP contribution in [-0.4, -0.2) is 27.2 Å². The normalized spacial score (nSPS) is 10.8. The summed E-state index contributed by atoms with van der Waals surface area (Å²) in [6, 6.07) is 0. The molecule has 18 heavy (non-hydrogen) atoms. The van der Waals surface area contributed by atoms with Crippen molar-refractivity contribution in [2.45, 2.75) is 20.4 Å². The number of anilines is 1. The molecule has 0 aliphatic rings. The number of rotatable bonds is 3. The lowest BCUT2D eigenvalue weighted by atomic mass is 10.2. The molecule has 7 nitrogen and oxygen atoms in total. The number of nitrogen functional groups attached to an aromatic ring is 1. The summed E-state index contributed by atoms with van der Waals surface area (Å²) in [5.74, 6) is 0.454. The van der Waals surface area contributed by atoms with Crippen LogP contribution in [-0.2, 0) is 11.3 Å². The lowest BCUT2D eigenvalue weighted by molar-refractivity contribution is 0.152. The van der Waals surface area contributed by atoms with Crippen molar-refractivity contribution >= 4 is 22.9 Å². The number of hydrogen-bond acceptors (Lipinski definition) is 5. The molecule has 2 heterocycles. The Hall–Kier alpha value is -2.31. The first-order valence-corrected chi connectivity index (χ1v) is 5.50. The van der Waals surface area contributed by atoms with Crippen LogP contribution in [0.4, 0.5) is 10.6 Å². The van der Waals surface area contributed by atoms with Gasteiger partial charge in [-0.3, -0.25) is 0 Å². The van der Waals surface area contributed by atoms with Crippen LogP contribution in [0.3, 0.4) is 0 Å². The van der Waals surface area contributed by atoms with Gasteiger partial charge in [-0.15, -0.1) is 0 Å². The molecule has 4 N–H and O–H groups in total. The van der Waals surface area contributed by atoms with Gasteiger partial charge in [0.2, 0.25) is 0 Å². The van der Waals surface area contributed by atoms with Gasteiger partial charge in [0.15, 0.2) is 0 Å². The third-order valence-electron chi connectivity index (χ3n) is 2.99. The predicted octanol–water partition coefficient (Wildman–Crippen LogP) is 0.726. The largest absolute Gasteiger partial charge is 0.448 e. The first kappa shape index (κ1) is 12.2. The number of amides is 1. The standard InChI is InChI=1S/C11H15N5O2/c1-6-7(2)16(3-4-18-11(13)17)10-8(6)9(12)14-5-15-10/h5H,3-4H2,1-2H3,(H2,13,17)(H2,12,14,15). The fourth-order valence-corrected chi connectivity index (χ4v) is 2.01. The number of nitrogens with two attached hydrogens (primary N) is 2. The predicted molar refractivity (Wildman–Crippen MR) is 66.9 cm³/mol. The fourth-order valence-electron chi connectivity index (χ4n) is 2.01. The van der Waals surface area contributed by atoms with Crippen LogP contribution < -0.4 is 11.5 Å². The molecule has 0 fully saturated rings. The molecule has 2 rings (SSSR count). The molecule has 0 aliphatic carbocycles. The van der Waals surface area contributed by atoms with Crippen molar-refractivity contribution in [2.75, 3.05) is 12.3 Å². The van der Waals surface area contributed by atoms with Gasteiger partial charge in [0.25, 0.3) is 0 Å². The molecular weight excluding hydrogens is 234 g/mol. The van der Waals surface area contributed by atoms with E-state index in [1.54, 1.807) is 0 Å². The summed E-state index contributed by atoms with van der Waals surface area (Å²) >= 11 is 0. The van der Waals surface area contributed by atoms with E-state index in [1.807, 2.05) is 18.4 Å². The van der Waals surface area contributed by atoms with Crippen molar-refractivity contribution in [1.29, 1.82) is 0 Å². The number of aromatic nitrogens is 3. The highest BCUT2D eigenvalue weighted by Gasteiger charge is 2.14. The van der Waals surface area contributed by atoms with Crippen LogP contribution in [0.2, 0.25) is 0 Å². The minimum absolute atomic E-state index is 0.198. The smallest absolute Gasteiger partial charge is 0.404 e. The summed E-state index contributed by atoms with van der Waals surface area (Å²) in [6.07, 6.45) is 0.636. The molecule has 0 aromatic carbocycles. The molecule has 0 aliphatic heterocycles. The van der Waals surface area contributed by atoms with Crippen molar-refractivity contribution in [3.63, 3.8) is 0 Å². The van der Waals surface area contributed by atoms with E-state index in [4.69, 9.17) is 16.2 Å². The fraction of sp³-hybridized carbons (Fsp3) is 0.364. The maximum atomic E-state index is 10.5. The van der Waals surface area contributed by atoms with Crippen molar-refractivity contribution in [3.8, 4) is 0 Å². The Morgan fingerprint density at radius 1 is 1.44 bits per heavy atom. The third kappa shape index (κ3) is 1.94. The van der Waals surface area contributed by atoms with E-state index in [0.29, 0.717) is 12.4 Å². The zero-order chi connectivity index (χ0) is 13.3. The average Bonchev–Trinajstić information content (AvgIpc) is 2.55. The third-order valence-corrected chi connectivity index (χ3v) is 2.99. The Bertz CT molecular complexity index is 605. The number of carbonyl (C=O) groups is 1. The van der Waals surface area contributed by atoms with E-state index >= 15 is 0 Å². The second-order valence-electron chi connectivity index (χ2n) is 3.99. The van der Waals surface area contributed by atoms with Gasteiger partial charge in [-0.25, -0.2) is 14.8 Å². The van der Waals surface area contributed by atoms with Crippen molar-refractivity contribution in [2.24, 2.45) is 5.73 Å². The molecule has 0 radical (unpaired) electrons. The number of aryl methyl sites for hydroxylation is 1. The van der Waals surface area contributed by atoms with Gasteiger partial charge in [0.05, 0.1) is 11.9 Å². The topological polar surface area (TPSA) is 109 Å². The van der Waals surface area contributed by atoms with Gasteiger partial charge in [-0.2, -0.15) is 0 Å². The summed E-state index contributed by atoms with van der Waals surface area (Å²) in [5, 5.41) is 0.842. The van der Waals surface area contributed by atoms with Gasteiger partial charge >= 0.3 is 6.09 Å². The molecule has 2 aromatic rings. The van der Waals surface area contributed by atoms with Gasteiger partial charge in [-0.1, -0.05) is 0 Å². The summed E-state index contributed by atoms with van der Waals surface area (Å²) in [7, 11) is 0. The molecule has 2 aromatic heterocycles. The van der Waals surface area contributed by atoms with Crippen molar-refractivity contribution in [1.82, 2.24) is 14.5 Å². The highest BCUT2D eigenvalue weighted by molar-refractivity contribution is 5.90. The first-order chi connectivity index (χ1) is 8.52. The van der Waals surface area contributed by atoms with Gasteiger partial charge in [-0.05, 0) is 19.4 Å². The molecule has 0 saturated carbocycles. The number of fused-ring (bicyclic) bond motifs is 1. The molecule has 0 spiro atoms. The number of carbonyl (C=O) groups excluding carboxylic acids is 1. The van der Waals surface area contributed by atoms with Crippen LogP contribution in [0.1, 0.15) is 11.3 Å². The Morgan fingerprint density at radius 3 is 2.83 bits per heavy atom. The van der Waals surface area contributed by atoms with Crippen LogP contribution in [0, 0.1) is 13.8 Å². The maximum absolute atomic E-state index is 10.5. The number of primary amides is 1. The minimum Gasteiger partial charge on any atom is -0.448 e. The molecule has 96 valence electrons. The maximum Gasteiger partial charge on any atom is 0.404 e. The zero-order valence-corrected chi connectivity index (χ0v) is 10.3. The second-order valence-corrected chi connectivity index (χ2v) is 3.99. The van der Waals surface area contributed by atoms with E-state index in [0.717, 1.165) is 22.3 Å². The molecule has 0 unspecified atom stereocenters. The van der Waals surface area contributed by atoms with E-state index in [1.165, 1.54) is 6.33 Å². The Morgan fingerprint density at radius 2 is 2.17 bits per heavy atom. The van der Waals surface area contributed by atoms with Gasteiger partial charge < -0.3 is 20.8 Å². The van der Waals surface area contributed by atoms with Crippen LogP contribution in [0.15, 0.2) is 6.33 Å². The SMILES string of the molecule is Cc1c(C)n(CCOC(N)=O)c2ncnc(N)c12. The summed E-state index contributed by atoms with van der Waals surface area (Å²) in [5.41, 5.74) is 13.6. The molecule has 0 saturated heterocycles. The first-order valence-electron chi connectivity index (χ1n) is 5.50.